The lowest BCUT2D eigenvalue weighted by atomic mass is 10.0. The summed E-state index contributed by atoms with van der Waals surface area (Å²) in [5.74, 6) is 0.970. The van der Waals surface area contributed by atoms with Crippen molar-refractivity contribution in [2.24, 2.45) is 4.99 Å². The Morgan fingerprint density at radius 1 is 1.14 bits per heavy atom. The monoisotopic (exact) mass is 492 g/mol. The van der Waals surface area contributed by atoms with Crippen molar-refractivity contribution in [3.8, 4) is 0 Å². The van der Waals surface area contributed by atoms with Gasteiger partial charge in [-0.15, -0.1) is 24.0 Å². The summed E-state index contributed by atoms with van der Waals surface area (Å²) in [7, 11) is 5.38. The van der Waals surface area contributed by atoms with Gasteiger partial charge in [0.2, 0.25) is 0 Å². The number of nitrogens with zero attached hydrogens (tertiary/aromatic N) is 3. The van der Waals surface area contributed by atoms with Crippen LogP contribution in [-0.4, -0.2) is 55.9 Å². The zero-order chi connectivity index (χ0) is 19.2. The van der Waals surface area contributed by atoms with Gasteiger partial charge in [0.25, 0.3) is 5.91 Å². The molecule has 0 saturated heterocycles. The maximum Gasteiger partial charge on any atom is 0.253 e. The second-order valence-electron chi connectivity index (χ2n) is 7.06. The first kappa shape index (κ1) is 22.2. The molecule has 2 aromatic carbocycles. The lowest BCUT2D eigenvalue weighted by molar-refractivity contribution is 0.0827. The van der Waals surface area contributed by atoms with Crippen LogP contribution in [0.15, 0.2) is 53.5 Å². The topological polar surface area (TPSA) is 47.9 Å². The van der Waals surface area contributed by atoms with Gasteiger partial charge in [-0.1, -0.05) is 36.4 Å². The molecule has 28 heavy (non-hydrogen) atoms. The molecule has 0 spiro atoms. The van der Waals surface area contributed by atoms with E-state index in [1.165, 1.54) is 11.1 Å². The van der Waals surface area contributed by atoms with Crippen LogP contribution in [0.5, 0.6) is 0 Å². The molecule has 1 N–H and O–H groups in total. The number of guanidine groups is 1. The van der Waals surface area contributed by atoms with Crippen molar-refractivity contribution < 1.29 is 4.79 Å². The van der Waals surface area contributed by atoms with Crippen molar-refractivity contribution in [1.82, 2.24) is 15.1 Å². The molecule has 6 heteroatoms. The summed E-state index contributed by atoms with van der Waals surface area (Å²) in [6.07, 6.45) is 1.89. The van der Waals surface area contributed by atoms with Crippen LogP contribution < -0.4 is 5.32 Å². The van der Waals surface area contributed by atoms with Gasteiger partial charge in [0.05, 0.1) is 0 Å². The second-order valence-corrected chi connectivity index (χ2v) is 7.06. The van der Waals surface area contributed by atoms with Crippen molar-refractivity contribution in [2.75, 3.05) is 34.2 Å². The highest BCUT2D eigenvalue weighted by Gasteiger charge is 2.18. The molecule has 0 fully saturated rings. The Bertz CT molecular complexity index is 835. The van der Waals surface area contributed by atoms with E-state index in [0.717, 1.165) is 49.6 Å². The Labute approximate surface area is 184 Å². The minimum absolute atomic E-state index is 0. The van der Waals surface area contributed by atoms with Gasteiger partial charge in [-0.25, -0.2) is 0 Å². The highest BCUT2D eigenvalue weighted by molar-refractivity contribution is 14.0. The Morgan fingerprint density at radius 3 is 2.61 bits per heavy atom. The summed E-state index contributed by atoms with van der Waals surface area (Å²) in [4.78, 5) is 20.5. The summed E-state index contributed by atoms with van der Waals surface area (Å²) >= 11 is 0. The van der Waals surface area contributed by atoms with Gasteiger partial charge in [0.1, 0.15) is 0 Å². The number of carbonyl (C=O) groups is 1. The maximum atomic E-state index is 12.1. The number of hydrogen-bond acceptors (Lipinski definition) is 2. The number of aliphatic imine (C=N–C) groups is 1. The largest absolute Gasteiger partial charge is 0.356 e. The molecule has 1 aliphatic heterocycles. The molecule has 0 saturated carbocycles. The molecule has 0 bridgehead atoms. The van der Waals surface area contributed by atoms with E-state index < -0.39 is 0 Å². The van der Waals surface area contributed by atoms with Crippen molar-refractivity contribution in [3.63, 3.8) is 0 Å². The van der Waals surface area contributed by atoms with Crippen LogP contribution in [0, 0.1) is 0 Å². The smallest absolute Gasteiger partial charge is 0.253 e. The number of nitrogens with one attached hydrogen (secondary N) is 1. The number of hydrogen-bond donors (Lipinski definition) is 1. The minimum Gasteiger partial charge on any atom is -0.356 e. The highest BCUT2D eigenvalue weighted by atomic mass is 127. The zero-order valence-electron chi connectivity index (χ0n) is 16.8. The Kier molecular flexibility index (Phi) is 8.29. The fourth-order valence-electron chi connectivity index (χ4n) is 3.45. The zero-order valence-corrected chi connectivity index (χ0v) is 19.1. The van der Waals surface area contributed by atoms with Crippen molar-refractivity contribution in [3.05, 3.63) is 70.8 Å². The number of fused-ring (bicyclic) bond motifs is 1. The van der Waals surface area contributed by atoms with Crippen LogP contribution in [0.2, 0.25) is 0 Å². The standard InChI is InChI=1S/C22H28N4O.HI/c1-23-22(26-14-12-18-8-4-5-9-20(18)16-26)24-13-11-17-7-6-10-19(15-17)21(27)25(2)3;/h4-10,15H,11-14,16H2,1-3H3,(H,23,24);1H. The predicted octanol–water partition coefficient (Wildman–Crippen LogP) is 3.18. The summed E-state index contributed by atoms with van der Waals surface area (Å²) < 4.78 is 0. The Hall–Kier alpha value is -2.09. The molecule has 0 radical (unpaired) electrons. The van der Waals surface area contributed by atoms with Gasteiger partial charge in [-0.05, 0) is 41.7 Å². The fraction of sp³-hybridized carbons (Fsp3) is 0.364. The number of carbonyl (C=O) groups excluding carboxylic acids is 1. The number of halogens is 1. The van der Waals surface area contributed by atoms with E-state index in [0.29, 0.717) is 0 Å². The molecule has 0 aliphatic carbocycles. The third-order valence-corrected chi connectivity index (χ3v) is 4.92. The Morgan fingerprint density at radius 2 is 1.89 bits per heavy atom. The van der Waals surface area contributed by atoms with E-state index in [9.17, 15) is 4.79 Å². The molecular formula is C22H29IN4O. The van der Waals surface area contributed by atoms with E-state index in [2.05, 4.69) is 45.5 Å². The summed E-state index contributed by atoms with van der Waals surface area (Å²) in [6.45, 7) is 2.65. The molecule has 0 atom stereocenters. The van der Waals surface area contributed by atoms with Gasteiger partial charge in [-0.3, -0.25) is 9.79 Å². The van der Waals surface area contributed by atoms with Gasteiger partial charge < -0.3 is 15.1 Å². The third-order valence-electron chi connectivity index (χ3n) is 4.92. The van der Waals surface area contributed by atoms with E-state index in [1.807, 2.05) is 25.2 Å². The van der Waals surface area contributed by atoms with Crippen LogP contribution in [0.25, 0.3) is 0 Å². The maximum absolute atomic E-state index is 12.1. The van der Waals surface area contributed by atoms with Crippen molar-refractivity contribution in [2.45, 2.75) is 19.4 Å². The van der Waals surface area contributed by atoms with E-state index in [-0.39, 0.29) is 29.9 Å². The number of rotatable bonds is 4. The van der Waals surface area contributed by atoms with Crippen LogP contribution in [0.1, 0.15) is 27.0 Å². The van der Waals surface area contributed by atoms with Crippen molar-refractivity contribution >= 4 is 35.8 Å². The minimum atomic E-state index is 0. The van der Waals surface area contributed by atoms with Gasteiger partial charge in [0.15, 0.2) is 5.96 Å². The van der Waals surface area contributed by atoms with Crippen LogP contribution >= 0.6 is 24.0 Å². The molecule has 3 rings (SSSR count). The van der Waals surface area contributed by atoms with E-state index >= 15 is 0 Å². The summed E-state index contributed by atoms with van der Waals surface area (Å²) in [6, 6.07) is 16.5. The first-order chi connectivity index (χ1) is 13.1. The number of benzene rings is 2. The SMILES string of the molecule is CN=C(NCCc1cccc(C(=O)N(C)C)c1)N1CCc2ccccc2C1.I. The second kappa shape index (κ2) is 10.5. The molecular weight excluding hydrogens is 463 g/mol. The molecule has 0 unspecified atom stereocenters. The van der Waals surface area contributed by atoms with Gasteiger partial charge in [0, 0.05) is 46.3 Å². The lowest BCUT2D eigenvalue weighted by Crippen LogP contribution is -2.44. The van der Waals surface area contributed by atoms with Crippen LogP contribution in [0.4, 0.5) is 0 Å². The molecule has 2 aromatic rings. The molecule has 1 amide bonds. The van der Waals surface area contributed by atoms with Crippen LogP contribution in [0.3, 0.4) is 0 Å². The Balaban J connectivity index is 0.00000280. The molecule has 0 aromatic heterocycles. The summed E-state index contributed by atoms with van der Waals surface area (Å²) in [5, 5.41) is 3.47. The van der Waals surface area contributed by atoms with Gasteiger partial charge in [-0.2, -0.15) is 0 Å². The van der Waals surface area contributed by atoms with Crippen molar-refractivity contribution in [1.29, 1.82) is 0 Å². The molecule has 1 aliphatic rings. The van der Waals surface area contributed by atoms with Crippen LogP contribution in [-0.2, 0) is 19.4 Å². The first-order valence-electron chi connectivity index (χ1n) is 9.41. The first-order valence-corrected chi connectivity index (χ1v) is 9.41. The number of amides is 1. The normalized spacial score (nSPS) is 13.4. The average Bonchev–Trinajstić information content (AvgIpc) is 2.70. The van der Waals surface area contributed by atoms with E-state index in [4.69, 9.17) is 0 Å². The lowest BCUT2D eigenvalue weighted by Gasteiger charge is -2.31. The predicted molar refractivity (Wildman–Crippen MR) is 125 cm³/mol. The third kappa shape index (κ3) is 5.47. The molecule has 1 heterocycles. The molecule has 150 valence electrons. The summed E-state index contributed by atoms with van der Waals surface area (Å²) in [5.41, 5.74) is 4.69. The quantitative estimate of drug-likeness (QED) is 0.405. The average molecular weight is 492 g/mol. The highest BCUT2D eigenvalue weighted by Crippen LogP contribution is 2.18. The van der Waals surface area contributed by atoms with Gasteiger partial charge >= 0.3 is 0 Å². The molecule has 5 nitrogen and oxygen atoms in total. The van der Waals surface area contributed by atoms with E-state index in [1.54, 1.807) is 19.0 Å². The fourth-order valence-corrected chi connectivity index (χ4v) is 3.45.